The molecule has 0 aliphatic carbocycles. The smallest absolute Gasteiger partial charge is 0.00987 e. The zero-order valence-corrected chi connectivity index (χ0v) is 92.0. The molecule has 25 aromatic rings. The molecule has 0 spiro atoms. The fourth-order valence-corrected chi connectivity index (χ4v) is 18.7. The van der Waals surface area contributed by atoms with Gasteiger partial charge in [-0.05, 0) is 255 Å². The van der Waals surface area contributed by atoms with Gasteiger partial charge in [-0.25, -0.2) is 0 Å². The first kappa shape index (κ1) is 113. The van der Waals surface area contributed by atoms with Gasteiger partial charge in [0.2, 0.25) is 0 Å². The first-order chi connectivity index (χ1) is 74.4. The topological polar surface area (TPSA) is 0 Å². The molecule has 0 saturated carbocycles. The third-order valence-corrected chi connectivity index (χ3v) is 25.3. The predicted octanol–water partition coefficient (Wildman–Crippen LogP) is 46.9. The van der Waals surface area contributed by atoms with Crippen molar-refractivity contribution in [3.8, 4) is 111 Å². The van der Waals surface area contributed by atoms with E-state index in [-0.39, 0.29) is 0 Å². The van der Waals surface area contributed by atoms with E-state index in [1.165, 1.54) is 219 Å². The molecular formula is C150H150. The lowest BCUT2D eigenvalue weighted by Gasteiger charge is -2.14. The highest BCUT2D eigenvalue weighted by atomic mass is 14.2. The van der Waals surface area contributed by atoms with Crippen LogP contribution >= 0.6 is 0 Å². The van der Waals surface area contributed by atoms with Gasteiger partial charge in [0.25, 0.3) is 0 Å². The Balaban J connectivity index is 0.000000170. The summed E-state index contributed by atoms with van der Waals surface area (Å²) >= 11 is 0. The Bertz CT molecular complexity index is 7990. The van der Waals surface area contributed by atoms with Crippen LogP contribution in [0.1, 0.15) is 138 Å². The molecule has 0 N–H and O–H groups in total. The van der Waals surface area contributed by atoms with Crippen molar-refractivity contribution in [2.75, 3.05) is 0 Å². The zero-order valence-electron chi connectivity index (χ0n) is 92.0. The van der Waals surface area contributed by atoms with E-state index in [9.17, 15) is 0 Å². The molecule has 0 aromatic heterocycles. The normalized spacial score (nSPS) is 10.0. The van der Waals surface area contributed by atoms with Gasteiger partial charge in [-0.2, -0.15) is 0 Å². The fourth-order valence-electron chi connectivity index (χ4n) is 18.7. The molecule has 0 heteroatoms. The number of hydrogen-bond acceptors (Lipinski definition) is 0. The van der Waals surface area contributed by atoms with E-state index in [1.807, 2.05) is 138 Å². The number of rotatable bonds is 10. The van der Waals surface area contributed by atoms with Crippen LogP contribution in [0, 0.1) is 0 Å². The molecule has 25 rings (SSSR count). The summed E-state index contributed by atoms with van der Waals surface area (Å²) < 4.78 is 0. The van der Waals surface area contributed by atoms with Gasteiger partial charge < -0.3 is 0 Å². The van der Waals surface area contributed by atoms with Crippen molar-refractivity contribution in [1.29, 1.82) is 0 Å². The van der Waals surface area contributed by atoms with Crippen molar-refractivity contribution in [3.63, 3.8) is 0 Å². The second-order valence-corrected chi connectivity index (χ2v) is 33.3. The van der Waals surface area contributed by atoms with Crippen molar-refractivity contribution in [2.45, 2.75) is 138 Å². The van der Waals surface area contributed by atoms with Crippen LogP contribution in [0.5, 0.6) is 0 Å². The average Bonchev–Trinajstić information content (AvgIpc) is 0.763. The third kappa shape index (κ3) is 28.3. The van der Waals surface area contributed by atoms with Crippen molar-refractivity contribution in [2.24, 2.45) is 0 Å². The molecule has 0 bridgehead atoms. The van der Waals surface area contributed by atoms with Crippen molar-refractivity contribution >= 4 is 108 Å². The summed E-state index contributed by atoms with van der Waals surface area (Å²) in [6.07, 6.45) is 0. The maximum absolute atomic E-state index is 2.31. The van der Waals surface area contributed by atoms with E-state index < -0.39 is 0 Å². The maximum atomic E-state index is 2.31. The van der Waals surface area contributed by atoms with Crippen LogP contribution in [0.3, 0.4) is 0 Å². The number of benzene rings is 25. The van der Waals surface area contributed by atoms with Gasteiger partial charge in [-0.1, -0.05) is 648 Å². The van der Waals surface area contributed by atoms with Gasteiger partial charge in [0.15, 0.2) is 0 Å². The molecule has 0 heterocycles. The SMILES string of the molecule is CC.CC.CC.CC.CC.CC.CC.CC.CC.CC.c1cc(-c2ccc3ccccc3c2)cc(-c2ccc3ccccc3c2)c1.c1cc(-c2cccc3ccccc23)cc(-c2cccc3ccccc23)c1.c1ccc(-c2ccc(-c3cccc4ccccc34)c3ccccc23)cc1.c1ccc2c(-c3ccc(-c4cccc5ccccc45)cc3)cccc2c1.c1ccc2cc(-c3ccc(-c4ccc5ccccc5c4)cc3)ccc2c1. The van der Waals surface area contributed by atoms with Gasteiger partial charge in [0.1, 0.15) is 0 Å². The van der Waals surface area contributed by atoms with Gasteiger partial charge in [-0.15, -0.1) is 0 Å². The molecule has 0 nitrogen and oxygen atoms in total. The Morgan fingerprint density at radius 1 is 0.0733 bits per heavy atom. The largest absolute Gasteiger partial charge is 0.0683 e. The highest BCUT2D eigenvalue weighted by Crippen LogP contribution is 2.42. The van der Waals surface area contributed by atoms with Crippen LogP contribution in [-0.4, -0.2) is 0 Å². The lowest BCUT2D eigenvalue weighted by Crippen LogP contribution is -1.87. The molecule has 0 saturated heterocycles. The van der Waals surface area contributed by atoms with Crippen molar-refractivity contribution < 1.29 is 0 Å². The van der Waals surface area contributed by atoms with Crippen LogP contribution in [0.25, 0.3) is 219 Å². The molecule has 0 aliphatic rings. The molecule has 150 heavy (non-hydrogen) atoms. The Morgan fingerprint density at radius 2 is 0.227 bits per heavy atom. The lowest BCUT2D eigenvalue weighted by molar-refractivity contribution is 1.50. The summed E-state index contributed by atoms with van der Waals surface area (Å²) in [6.45, 7) is 40.0. The Hall–Kier alpha value is -16.9. The van der Waals surface area contributed by atoms with E-state index in [4.69, 9.17) is 0 Å². The zero-order chi connectivity index (χ0) is 107. The molecule has 0 unspecified atom stereocenters. The van der Waals surface area contributed by atoms with E-state index in [2.05, 4.69) is 546 Å². The van der Waals surface area contributed by atoms with Crippen LogP contribution in [0.15, 0.2) is 546 Å². The van der Waals surface area contributed by atoms with E-state index in [1.54, 1.807) is 0 Å². The van der Waals surface area contributed by atoms with Crippen LogP contribution < -0.4 is 0 Å². The average molecular weight is 1950 g/mol. The Morgan fingerprint density at radius 3 is 0.527 bits per heavy atom. The summed E-state index contributed by atoms with van der Waals surface area (Å²) in [5.74, 6) is 0. The standard InChI is InChI=1S/5C26H18.10C2H6/c1-3-14-23-19(8-1)10-6-16-25(23)21-12-5-13-22(18-21)26-17-7-11-20-9-2-4-15-24(20)26;1-3-11-23-19(7-1)9-5-13-25(23)21-15-17-22(18-16-21)26-14-6-10-20-8-2-4-12-24(20)26;1-3-8-21-16-25(14-12-19(21)6-1)23-10-5-11-24(18-23)26-15-13-20-7-2-4-9-22(20)17-26;1-3-7-23-17-25(15-13-19(23)5-1)21-9-11-22(12-10-21)26-16-14-20-6-2-4-8-24(20)18-26;1-2-9-19(10-3-1)22-17-18-26(25-15-7-6-14-23(22)25)24-16-8-12-20-11-4-5-13-21(20)24;10*1-2/h5*1-18H;10*1-2H3. The van der Waals surface area contributed by atoms with E-state index in [0.717, 1.165) is 0 Å². The molecule has 0 radical (unpaired) electrons. The van der Waals surface area contributed by atoms with Gasteiger partial charge >= 0.3 is 0 Å². The lowest BCUT2D eigenvalue weighted by atomic mass is 9.90. The van der Waals surface area contributed by atoms with Crippen LogP contribution in [0.2, 0.25) is 0 Å². The molecule has 0 fully saturated rings. The highest BCUT2D eigenvalue weighted by molar-refractivity contribution is 6.10. The third-order valence-electron chi connectivity index (χ3n) is 25.3. The molecule has 25 aromatic carbocycles. The van der Waals surface area contributed by atoms with E-state index in [0.29, 0.717) is 0 Å². The minimum absolute atomic E-state index is 1.25. The summed E-state index contributed by atoms with van der Waals surface area (Å²) in [5, 5.41) is 25.7. The fraction of sp³-hybridized carbons (Fsp3) is 0.133. The molecular weight excluding hydrogens is 1800 g/mol. The summed E-state index contributed by atoms with van der Waals surface area (Å²) in [6, 6.07) is 196. The van der Waals surface area contributed by atoms with E-state index >= 15 is 0 Å². The highest BCUT2D eigenvalue weighted by Gasteiger charge is 2.16. The van der Waals surface area contributed by atoms with Gasteiger partial charge in [0.05, 0.1) is 0 Å². The minimum atomic E-state index is 1.25. The number of fused-ring (bicyclic) bond motifs is 10. The Labute approximate surface area is 896 Å². The van der Waals surface area contributed by atoms with Crippen LogP contribution in [0.4, 0.5) is 0 Å². The van der Waals surface area contributed by atoms with Gasteiger partial charge in [-0.3, -0.25) is 0 Å². The van der Waals surface area contributed by atoms with Crippen molar-refractivity contribution in [1.82, 2.24) is 0 Å². The maximum Gasteiger partial charge on any atom is -0.00987 e. The quantitative estimate of drug-likeness (QED) is 0.128. The first-order valence-corrected chi connectivity index (χ1v) is 54.8. The second-order valence-electron chi connectivity index (χ2n) is 33.3. The molecule has 0 atom stereocenters. The molecule has 0 aliphatic heterocycles. The van der Waals surface area contributed by atoms with Crippen LogP contribution in [-0.2, 0) is 0 Å². The first-order valence-electron chi connectivity index (χ1n) is 54.8. The summed E-state index contributed by atoms with van der Waals surface area (Å²) in [4.78, 5) is 0. The van der Waals surface area contributed by atoms with Crippen molar-refractivity contribution in [3.05, 3.63) is 546 Å². The second kappa shape index (κ2) is 60.9. The minimum Gasteiger partial charge on any atom is -0.0683 e. The monoisotopic (exact) mass is 1950 g/mol. The number of hydrogen-bond donors (Lipinski definition) is 0. The Kier molecular flexibility index (Phi) is 46.0. The summed E-state index contributed by atoms with van der Waals surface area (Å²) in [7, 11) is 0. The summed E-state index contributed by atoms with van der Waals surface area (Å²) in [5.41, 5.74) is 25.3. The molecule has 750 valence electrons. The van der Waals surface area contributed by atoms with Gasteiger partial charge in [0, 0.05) is 0 Å². The predicted molar refractivity (Wildman–Crippen MR) is 675 cm³/mol. The molecule has 0 amide bonds.